The zero-order chi connectivity index (χ0) is 52.1. The number of benzene rings is 4. The highest BCUT2D eigenvalue weighted by molar-refractivity contribution is 6.62. The van der Waals surface area contributed by atoms with Gasteiger partial charge in [0.25, 0.3) is 0 Å². The van der Waals surface area contributed by atoms with Gasteiger partial charge < -0.3 is 28.3 Å². The van der Waals surface area contributed by atoms with Crippen LogP contribution in [-0.4, -0.2) is 54.7 Å². The number of fused-ring (bicyclic) bond motifs is 2. The smallest absolute Gasteiger partial charge is 0.460 e. The molecule has 3 heterocycles. The zero-order valence-corrected chi connectivity index (χ0v) is 46.7. The molecule has 0 atom stereocenters. The van der Waals surface area contributed by atoms with Crippen molar-refractivity contribution in [2.45, 2.75) is 210 Å². The molecular formula is C60H84BClO8. The van der Waals surface area contributed by atoms with Gasteiger partial charge in [-0.1, -0.05) is 109 Å². The van der Waals surface area contributed by atoms with E-state index in [0.29, 0.717) is 43.1 Å². The first-order valence-corrected chi connectivity index (χ1v) is 26.0. The monoisotopic (exact) mass is 979 g/mol. The van der Waals surface area contributed by atoms with Gasteiger partial charge in [0.05, 0.1) is 50.5 Å². The quantitative estimate of drug-likeness (QED) is 0.115. The van der Waals surface area contributed by atoms with Gasteiger partial charge in [0.2, 0.25) is 0 Å². The largest absolute Gasteiger partial charge is 0.494 e. The summed E-state index contributed by atoms with van der Waals surface area (Å²) in [5.41, 5.74) is 14.3. The predicted molar refractivity (Wildman–Crippen MR) is 288 cm³/mol. The molecule has 0 N–H and O–H groups in total. The third-order valence-electron chi connectivity index (χ3n) is 13.4. The van der Waals surface area contributed by atoms with Gasteiger partial charge in [-0.2, -0.15) is 0 Å². The first-order chi connectivity index (χ1) is 32.4. The Morgan fingerprint density at radius 3 is 1.41 bits per heavy atom. The second kappa shape index (κ2) is 23.3. The molecule has 0 bridgehead atoms. The van der Waals surface area contributed by atoms with E-state index in [1.807, 2.05) is 53.7 Å². The van der Waals surface area contributed by atoms with Crippen molar-refractivity contribution < 1.29 is 37.8 Å². The van der Waals surface area contributed by atoms with E-state index in [1.165, 1.54) is 44.5 Å². The van der Waals surface area contributed by atoms with Gasteiger partial charge in [-0.15, -0.1) is 0 Å². The van der Waals surface area contributed by atoms with Crippen molar-refractivity contribution in [2.75, 3.05) is 13.2 Å². The number of esters is 2. The second-order valence-electron chi connectivity index (χ2n) is 23.5. The minimum Gasteiger partial charge on any atom is -0.460 e. The maximum atomic E-state index is 12.7. The predicted octanol–water partition coefficient (Wildman–Crippen LogP) is 14.1. The summed E-state index contributed by atoms with van der Waals surface area (Å²) in [6.07, 6.45) is 2.58. The average Bonchev–Trinajstić information content (AvgIpc) is 3.47. The van der Waals surface area contributed by atoms with Crippen LogP contribution in [0.25, 0.3) is 11.1 Å². The lowest BCUT2D eigenvalue weighted by Gasteiger charge is -2.32. The Hall–Kier alpha value is -3.99. The summed E-state index contributed by atoms with van der Waals surface area (Å²) >= 11 is 6.24. The second-order valence-corrected chi connectivity index (χ2v) is 24.0. The summed E-state index contributed by atoms with van der Waals surface area (Å²) < 4.78 is 34.4. The van der Waals surface area contributed by atoms with Crippen LogP contribution in [0.2, 0.25) is 5.02 Å². The Kier molecular flexibility index (Phi) is 18.9. The number of hydrogen-bond donors (Lipinski definition) is 0. The molecule has 70 heavy (non-hydrogen) atoms. The van der Waals surface area contributed by atoms with E-state index >= 15 is 0 Å². The van der Waals surface area contributed by atoms with Crippen molar-refractivity contribution >= 4 is 36.1 Å². The third kappa shape index (κ3) is 15.3. The summed E-state index contributed by atoms with van der Waals surface area (Å²) in [4.78, 5) is 24.9. The van der Waals surface area contributed by atoms with Gasteiger partial charge in [-0.25, -0.2) is 0 Å². The molecule has 0 aliphatic carbocycles. The van der Waals surface area contributed by atoms with E-state index in [2.05, 4.69) is 132 Å². The molecule has 3 aliphatic rings. The molecule has 7 rings (SSSR count). The van der Waals surface area contributed by atoms with Crippen LogP contribution in [0.3, 0.4) is 0 Å². The Morgan fingerprint density at radius 2 is 0.971 bits per heavy atom. The van der Waals surface area contributed by atoms with E-state index < -0.39 is 11.2 Å². The lowest BCUT2D eigenvalue weighted by atomic mass is 9.77. The molecule has 0 spiro atoms. The molecule has 4 aromatic rings. The fourth-order valence-electron chi connectivity index (χ4n) is 9.13. The lowest BCUT2D eigenvalue weighted by Crippen LogP contribution is -2.41. The number of hydrogen-bond acceptors (Lipinski definition) is 8. The van der Waals surface area contributed by atoms with Crippen molar-refractivity contribution in [3.05, 3.63) is 121 Å². The van der Waals surface area contributed by atoms with Gasteiger partial charge in [-0.3, -0.25) is 9.59 Å². The molecule has 1 fully saturated rings. The lowest BCUT2D eigenvalue weighted by molar-refractivity contribution is -0.155. The molecule has 8 nitrogen and oxygen atoms in total. The van der Waals surface area contributed by atoms with E-state index in [0.717, 1.165) is 65.4 Å². The normalized spacial score (nSPS) is 16.3. The van der Waals surface area contributed by atoms with Crippen molar-refractivity contribution in [3.63, 3.8) is 0 Å². The van der Waals surface area contributed by atoms with E-state index in [-0.39, 0.29) is 30.3 Å². The number of rotatable bonds is 10. The van der Waals surface area contributed by atoms with Crippen LogP contribution in [0.15, 0.2) is 60.7 Å². The van der Waals surface area contributed by atoms with Gasteiger partial charge in [-0.05, 0) is 196 Å². The highest BCUT2D eigenvalue weighted by Crippen LogP contribution is 2.38. The first-order valence-electron chi connectivity index (χ1n) is 25.6. The summed E-state index contributed by atoms with van der Waals surface area (Å²) in [6.45, 7) is 40.0. The van der Waals surface area contributed by atoms with Crippen LogP contribution in [-0.2, 0) is 76.7 Å². The summed E-state index contributed by atoms with van der Waals surface area (Å²) in [6, 6.07) is 21.6. The minimum atomic E-state index is -0.474. The molecule has 0 radical (unpaired) electrons. The van der Waals surface area contributed by atoms with Crippen LogP contribution < -0.4 is 5.46 Å². The van der Waals surface area contributed by atoms with Gasteiger partial charge in [0.1, 0.15) is 11.2 Å². The van der Waals surface area contributed by atoms with Crippen molar-refractivity contribution in [2.24, 2.45) is 0 Å². The molecule has 0 amide bonds. The maximum absolute atomic E-state index is 12.7. The van der Waals surface area contributed by atoms with Gasteiger partial charge >= 0.3 is 19.1 Å². The average molecular weight is 980 g/mol. The molecule has 3 aliphatic heterocycles. The molecule has 0 aromatic heterocycles. The van der Waals surface area contributed by atoms with Crippen molar-refractivity contribution in [3.8, 4) is 11.1 Å². The molecule has 1 saturated heterocycles. The summed E-state index contributed by atoms with van der Waals surface area (Å²) in [5, 5.41) is 0.732. The Morgan fingerprint density at radius 1 is 0.557 bits per heavy atom. The number of carbonyl (C=O) groups is 2. The van der Waals surface area contributed by atoms with Gasteiger partial charge in [0, 0.05) is 5.02 Å². The van der Waals surface area contributed by atoms with Crippen LogP contribution in [0.4, 0.5) is 0 Å². The van der Waals surface area contributed by atoms with Crippen molar-refractivity contribution in [1.29, 1.82) is 0 Å². The topological polar surface area (TPSA) is 89.5 Å². The molecule has 4 aromatic carbocycles. The molecule has 382 valence electrons. The maximum Gasteiger partial charge on any atom is 0.494 e. The minimum absolute atomic E-state index is 0.162. The molecule has 10 heteroatoms. The fourth-order valence-corrected chi connectivity index (χ4v) is 9.37. The summed E-state index contributed by atoms with van der Waals surface area (Å²) in [7, 11) is -0.266. The summed E-state index contributed by atoms with van der Waals surface area (Å²) in [5.74, 6) is 0.928. The van der Waals surface area contributed by atoms with E-state index in [9.17, 15) is 9.59 Å². The van der Waals surface area contributed by atoms with E-state index in [1.54, 1.807) is 0 Å². The highest BCUT2D eigenvalue weighted by Gasteiger charge is 2.51. The zero-order valence-electron chi connectivity index (χ0n) is 46.0. The third-order valence-corrected chi connectivity index (χ3v) is 13.6. The number of halogens is 1. The Labute approximate surface area is 427 Å². The number of ether oxygens (including phenoxy) is 4. The Balaban J connectivity index is 0.000000202. The van der Waals surface area contributed by atoms with Crippen LogP contribution in [0.5, 0.6) is 0 Å². The first kappa shape index (κ1) is 56.9. The van der Waals surface area contributed by atoms with Gasteiger partial charge in [0.15, 0.2) is 0 Å². The fraction of sp³-hybridized carbons (Fsp3) is 0.567. The molecule has 0 saturated carbocycles. The van der Waals surface area contributed by atoms with E-state index in [4.69, 9.17) is 39.9 Å². The standard InChI is InChI=1S/C27H36O3.C18H27ClO2.C15H21BO3/c1-17(2)23-13-21(20-9-8-19-10-11-29-16-22(19)12-20)14-24(18(3)4)25(23)15-26(28)30-27(5,6)7;1-11(2)14-8-13(19)9-15(12(3)4)16(14)10-17(20)21-18(5,6)7;1-14(2)15(3,4)19-16(18-14)13-6-5-12-10-17-8-7-11(12)9-13/h8-9,12-14,17-18H,10-11,15-16H2,1-7H3;8-9,11-12H,10H2,1-7H3;5-6,9H,7-8,10H2,1-4H3. The molecular weight excluding hydrogens is 895 g/mol. The number of carbonyl (C=O) groups excluding carboxylic acids is 2. The van der Waals surface area contributed by atoms with Crippen LogP contribution in [0, 0.1) is 0 Å². The van der Waals surface area contributed by atoms with Crippen LogP contribution >= 0.6 is 11.6 Å². The van der Waals surface area contributed by atoms with Crippen molar-refractivity contribution in [1.82, 2.24) is 0 Å². The SMILES string of the molecule is CC(C)c1cc(-c2ccc3c(c2)COCC3)cc(C(C)C)c1CC(=O)OC(C)(C)C.CC(C)c1cc(Cl)cc(C(C)C)c1CC(=O)OC(C)(C)C.CC1(C)OB(c2ccc3c(c2)CCOC3)OC1(C)C. The Bertz CT molecular complexity index is 2380. The van der Waals surface area contributed by atoms with Crippen LogP contribution in [0.1, 0.15) is 204 Å². The highest BCUT2D eigenvalue weighted by atomic mass is 35.5. The molecule has 0 unspecified atom stereocenters.